The third-order valence-electron chi connectivity index (χ3n) is 8.12. The zero-order valence-electron chi connectivity index (χ0n) is 21.3. The molecule has 0 radical (unpaired) electrons. The molecule has 6 rings (SSSR count). The molecule has 3 aromatic carbocycles. The van der Waals surface area contributed by atoms with Crippen LogP contribution in [-0.4, -0.2) is 29.6 Å². The number of nitrogens with one attached hydrogen (secondary N) is 1. The fourth-order valence-electron chi connectivity index (χ4n) is 6.73. The normalized spacial score (nSPS) is 25.1. The molecule has 1 saturated heterocycles. The summed E-state index contributed by atoms with van der Waals surface area (Å²) in [6.07, 6.45) is 4.93. The number of Topliss-reactive ketones (excluding diaryl/α,β-unsaturated/α-hetero) is 2. The average molecular weight is 491 g/mol. The van der Waals surface area contributed by atoms with E-state index in [-0.39, 0.29) is 17.5 Å². The molecule has 1 spiro atoms. The van der Waals surface area contributed by atoms with Gasteiger partial charge in [0.1, 0.15) is 5.41 Å². The van der Waals surface area contributed by atoms with Crippen molar-refractivity contribution >= 4 is 34.9 Å². The molecule has 0 saturated carbocycles. The van der Waals surface area contributed by atoms with Crippen molar-refractivity contribution in [2.75, 3.05) is 10.2 Å². The highest BCUT2D eigenvalue weighted by molar-refractivity contribution is 6.16. The largest absolute Gasteiger partial charge is 0.352 e. The van der Waals surface area contributed by atoms with E-state index in [1.165, 1.54) is 6.92 Å². The Hall–Kier alpha value is -3.99. The lowest BCUT2D eigenvalue weighted by Crippen LogP contribution is -2.51. The molecule has 0 unspecified atom stereocenters. The maximum Gasteiger partial charge on any atom is 0.238 e. The van der Waals surface area contributed by atoms with E-state index in [0.717, 1.165) is 28.8 Å². The van der Waals surface area contributed by atoms with E-state index in [0.29, 0.717) is 17.2 Å². The van der Waals surface area contributed by atoms with Crippen molar-refractivity contribution in [2.45, 2.75) is 44.7 Å². The molecule has 37 heavy (non-hydrogen) atoms. The van der Waals surface area contributed by atoms with Gasteiger partial charge in [-0.2, -0.15) is 0 Å². The molecule has 3 aromatic rings. The Kier molecular flexibility index (Phi) is 5.41. The van der Waals surface area contributed by atoms with Gasteiger partial charge in [-0.05, 0) is 48.1 Å². The van der Waals surface area contributed by atoms with Crippen LogP contribution in [0.5, 0.6) is 0 Å². The zero-order valence-corrected chi connectivity index (χ0v) is 21.3. The molecule has 5 heteroatoms. The maximum absolute atomic E-state index is 14.5. The van der Waals surface area contributed by atoms with Crippen molar-refractivity contribution in [3.63, 3.8) is 0 Å². The smallest absolute Gasteiger partial charge is 0.238 e. The first kappa shape index (κ1) is 23.4. The topological polar surface area (TPSA) is 66.5 Å². The van der Waals surface area contributed by atoms with Gasteiger partial charge in [0.05, 0.1) is 18.0 Å². The Morgan fingerprint density at radius 3 is 2.41 bits per heavy atom. The fraction of sp³-hybridized carbons (Fsp3) is 0.281. The summed E-state index contributed by atoms with van der Waals surface area (Å²) < 4.78 is 0. The van der Waals surface area contributed by atoms with Crippen LogP contribution in [-0.2, 0) is 21.4 Å². The van der Waals surface area contributed by atoms with Crippen molar-refractivity contribution in [2.24, 2.45) is 11.8 Å². The van der Waals surface area contributed by atoms with Crippen LogP contribution in [0.15, 0.2) is 78.9 Å². The molecule has 5 nitrogen and oxygen atoms in total. The second-order valence-electron chi connectivity index (χ2n) is 10.8. The van der Waals surface area contributed by atoms with Crippen LogP contribution in [0, 0.1) is 11.8 Å². The quantitative estimate of drug-likeness (QED) is 0.483. The van der Waals surface area contributed by atoms with Gasteiger partial charge >= 0.3 is 0 Å². The molecule has 3 aliphatic rings. The summed E-state index contributed by atoms with van der Waals surface area (Å²) in [5.41, 5.74) is 3.77. The Bertz CT molecular complexity index is 1450. The predicted octanol–water partition coefficient (Wildman–Crippen LogP) is 5.45. The minimum Gasteiger partial charge on any atom is -0.352 e. The summed E-state index contributed by atoms with van der Waals surface area (Å²) in [5, 5.41) is 3.05. The molecule has 1 fully saturated rings. The number of benzene rings is 3. The number of para-hydroxylation sites is 2. The van der Waals surface area contributed by atoms with E-state index < -0.39 is 23.4 Å². The van der Waals surface area contributed by atoms with Gasteiger partial charge in [-0.15, -0.1) is 0 Å². The van der Waals surface area contributed by atoms with E-state index in [4.69, 9.17) is 0 Å². The van der Waals surface area contributed by atoms with Crippen LogP contribution in [0.3, 0.4) is 0 Å². The third kappa shape index (κ3) is 3.33. The third-order valence-corrected chi connectivity index (χ3v) is 8.12. The fourth-order valence-corrected chi connectivity index (χ4v) is 6.73. The zero-order chi connectivity index (χ0) is 25.9. The van der Waals surface area contributed by atoms with Gasteiger partial charge < -0.3 is 10.2 Å². The Morgan fingerprint density at radius 1 is 0.973 bits per heavy atom. The lowest BCUT2D eigenvalue weighted by atomic mass is 9.64. The number of fused-ring (bicyclic) bond motifs is 6. The van der Waals surface area contributed by atoms with Crippen LogP contribution >= 0.6 is 0 Å². The SMILES string of the molecule is CC(=O)[C@@H]1[C@@H](C(=O)c2ccc(CC(C)C)cc2)[C@@]2(C(=O)Nc3ccccc32)[C@@H]2C=Cc3ccccc3N12. The van der Waals surface area contributed by atoms with E-state index in [2.05, 4.69) is 19.2 Å². The maximum atomic E-state index is 14.5. The van der Waals surface area contributed by atoms with Crippen molar-refractivity contribution in [3.8, 4) is 0 Å². The number of nitrogens with zero attached hydrogens (tertiary/aromatic N) is 1. The number of hydrogen-bond acceptors (Lipinski definition) is 4. The van der Waals surface area contributed by atoms with Crippen LogP contribution < -0.4 is 10.2 Å². The average Bonchev–Trinajstić information content (AvgIpc) is 3.37. The molecule has 186 valence electrons. The second-order valence-corrected chi connectivity index (χ2v) is 10.8. The second kappa shape index (κ2) is 8.55. The van der Waals surface area contributed by atoms with Crippen LogP contribution in [0.25, 0.3) is 6.08 Å². The van der Waals surface area contributed by atoms with Gasteiger partial charge in [-0.25, -0.2) is 0 Å². The van der Waals surface area contributed by atoms with Gasteiger partial charge in [-0.1, -0.05) is 86.7 Å². The van der Waals surface area contributed by atoms with E-state index in [1.807, 2.05) is 89.8 Å². The molecule has 1 amide bonds. The Labute approximate surface area is 217 Å². The number of hydrogen-bond donors (Lipinski definition) is 1. The summed E-state index contributed by atoms with van der Waals surface area (Å²) in [7, 11) is 0. The number of ketones is 2. The first-order valence-electron chi connectivity index (χ1n) is 12.9. The van der Waals surface area contributed by atoms with E-state index >= 15 is 0 Å². The number of amides is 1. The van der Waals surface area contributed by atoms with Crippen molar-refractivity contribution < 1.29 is 14.4 Å². The van der Waals surface area contributed by atoms with Crippen molar-refractivity contribution in [1.29, 1.82) is 0 Å². The van der Waals surface area contributed by atoms with Gasteiger partial charge in [0.2, 0.25) is 5.91 Å². The number of anilines is 2. The standard InChI is InChI=1S/C32H30N2O3/c1-19(2)18-21-12-14-23(15-13-21)30(36)28-29(20(3)35)34-26-11-7-4-8-22(26)16-17-27(34)32(28)24-9-5-6-10-25(24)33-31(32)37/h4-17,19,27-29H,18H2,1-3H3,(H,33,37)/t27-,28-,29+,32-/m0/s1. The number of carbonyl (C=O) groups is 3. The molecule has 1 N–H and O–H groups in total. The molecule has 0 aromatic heterocycles. The van der Waals surface area contributed by atoms with Gasteiger partial charge in [0, 0.05) is 16.9 Å². The summed E-state index contributed by atoms with van der Waals surface area (Å²) in [5.74, 6) is -0.915. The highest BCUT2D eigenvalue weighted by atomic mass is 16.2. The lowest BCUT2D eigenvalue weighted by Gasteiger charge is -2.37. The molecule has 0 bridgehead atoms. The van der Waals surface area contributed by atoms with Gasteiger partial charge in [-0.3, -0.25) is 14.4 Å². The molecule has 4 atom stereocenters. The molecular formula is C32H30N2O3. The lowest BCUT2D eigenvalue weighted by molar-refractivity contribution is -0.122. The first-order valence-corrected chi connectivity index (χ1v) is 12.9. The molecule has 3 aliphatic heterocycles. The summed E-state index contributed by atoms with van der Waals surface area (Å²) in [6, 6.07) is 21.9. The Morgan fingerprint density at radius 2 is 1.68 bits per heavy atom. The molecule has 3 heterocycles. The molecular weight excluding hydrogens is 460 g/mol. The van der Waals surface area contributed by atoms with Crippen molar-refractivity contribution in [1.82, 2.24) is 0 Å². The summed E-state index contributed by atoms with van der Waals surface area (Å²) in [6.45, 7) is 5.86. The molecule has 0 aliphatic carbocycles. The number of rotatable bonds is 5. The van der Waals surface area contributed by atoms with Crippen molar-refractivity contribution in [3.05, 3.63) is 101 Å². The van der Waals surface area contributed by atoms with Crippen LogP contribution in [0.2, 0.25) is 0 Å². The Balaban J connectivity index is 1.57. The predicted molar refractivity (Wildman–Crippen MR) is 146 cm³/mol. The van der Waals surface area contributed by atoms with E-state index in [9.17, 15) is 14.4 Å². The number of carbonyl (C=O) groups excluding carboxylic acids is 3. The van der Waals surface area contributed by atoms with Crippen LogP contribution in [0.4, 0.5) is 11.4 Å². The van der Waals surface area contributed by atoms with E-state index in [1.54, 1.807) is 0 Å². The first-order chi connectivity index (χ1) is 17.8. The van der Waals surface area contributed by atoms with Crippen LogP contribution in [0.1, 0.15) is 47.8 Å². The van der Waals surface area contributed by atoms with Gasteiger partial charge in [0.15, 0.2) is 11.6 Å². The minimum atomic E-state index is -1.23. The monoisotopic (exact) mass is 490 g/mol. The van der Waals surface area contributed by atoms with Gasteiger partial charge in [0.25, 0.3) is 0 Å². The highest BCUT2D eigenvalue weighted by Gasteiger charge is 2.69. The highest BCUT2D eigenvalue weighted by Crippen LogP contribution is 2.57. The minimum absolute atomic E-state index is 0.126. The summed E-state index contributed by atoms with van der Waals surface area (Å²) >= 11 is 0. The summed E-state index contributed by atoms with van der Waals surface area (Å²) in [4.78, 5) is 44.0.